The number of aromatic carboxylic acids is 1. The van der Waals surface area contributed by atoms with Gasteiger partial charge in [0.15, 0.2) is 0 Å². The Balaban J connectivity index is 1.86. The smallest absolute Gasteiger partial charge is 0.261 e. The van der Waals surface area contributed by atoms with E-state index in [0.29, 0.717) is 0 Å². The van der Waals surface area contributed by atoms with Crippen molar-refractivity contribution in [3.8, 4) is 0 Å². The third-order valence-electron chi connectivity index (χ3n) is 4.15. The van der Waals surface area contributed by atoms with E-state index in [-0.39, 0.29) is 41.1 Å². The van der Waals surface area contributed by atoms with Crippen molar-refractivity contribution in [3.05, 3.63) is 64.7 Å². The lowest BCUT2D eigenvalue weighted by Crippen LogP contribution is -2.32. The van der Waals surface area contributed by atoms with Gasteiger partial charge in [-0.1, -0.05) is 18.2 Å². The van der Waals surface area contributed by atoms with Gasteiger partial charge < -0.3 is 20.0 Å². The Labute approximate surface area is 154 Å². The van der Waals surface area contributed by atoms with Gasteiger partial charge in [-0.25, -0.2) is 0 Å². The van der Waals surface area contributed by atoms with Crippen molar-refractivity contribution >= 4 is 29.4 Å². The Hall–Kier alpha value is -3.52. The van der Waals surface area contributed by atoms with Crippen LogP contribution in [0, 0.1) is 0 Å². The number of carboxylic acids is 1. The van der Waals surface area contributed by atoms with Crippen LogP contribution in [0.5, 0.6) is 0 Å². The number of fused-ring (bicyclic) bond motifs is 1. The van der Waals surface area contributed by atoms with Crippen LogP contribution >= 0.6 is 0 Å². The number of carbonyl (C=O) groups excluding carboxylic acids is 4. The van der Waals surface area contributed by atoms with Crippen LogP contribution < -0.4 is 10.4 Å². The van der Waals surface area contributed by atoms with E-state index in [0.717, 1.165) is 4.90 Å². The highest BCUT2D eigenvalue weighted by Crippen LogP contribution is 2.24. The lowest BCUT2D eigenvalue weighted by Gasteiger charge is -2.12. The van der Waals surface area contributed by atoms with E-state index in [1.807, 2.05) is 0 Å². The summed E-state index contributed by atoms with van der Waals surface area (Å²) in [6.45, 7) is 0.322. The fraction of sp³-hybridized carbons (Fsp3) is 0.158. The molecule has 1 N–H and O–H groups in total. The molecule has 2 aromatic rings. The predicted octanol–water partition coefficient (Wildman–Crippen LogP) is 0.545. The number of rotatable bonds is 6. The van der Waals surface area contributed by atoms with Gasteiger partial charge in [0.2, 0.25) is 0 Å². The maximum absolute atomic E-state index is 12.5. The number of para-hydroxylation sites is 1. The average Bonchev–Trinajstić information content (AvgIpc) is 2.90. The molecule has 0 radical (unpaired) electrons. The van der Waals surface area contributed by atoms with Crippen LogP contribution in [0.15, 0.2) is 42.5 Å². The molecule has 0 bridgehead atoms. The topological polar surface area (TPSA) is 116 Å². The van der Waals surface area contributed by atoms with Crippen LogP contribution in [-0.2, 0) is 4.74 Å². The van der Waals surface area contributed by atoms with E-state index in [1.54, 1.807) is 6.07 Å². The number of amides is 3. The maximum atomic E-state index is 12.5. The first-order valence-electron chi connectivity index (χ1n) is 8.05. The molecule has 0 unspecified atom stereocenters. The molecule has 27 heavy (non-hydrogen) atoms. The molecular weight excluding hydrogens is 352 g/mol. The normalized spacial score (nSPS) is 12.9. The standard InChI is InChI=1S/C19H16N2O6/c1-27-9-8-21-17(23)12-7-6-11(10-14(12)18(21)24)16(22)20-15-5-3-2-4-13(15)19(25)26/h2-7,10H,8-9H2,1H3,(H,20,22)(H,25,26)/p-1. The van der Waals surface area contributed by atoms with Gasteiger partial charge in [-0.2, -0.15) is 0 Å². The zero-order valence-corrected chi connectivity index (χ0v) is 14.4. The van der Waals surface area contributed by atoms with Crippen LogP contribution in [0.1, 0.15) is 41.4 Å². The highest BCUT2D eigenvalue weighted by atomic mass is 16.5. The van der Waals surface area contributed by atoms with E-state index in [9.17, 15) is 24.3 Å². The fourth-order valence-corrected chi connectivity index (χ4v) is 2.78. The molecule has 0 saturated carbocycles. The molecule has 0 saturated heterocycles. The Kier molecular flexibility index (Phi) is 5.00. The van der Waals surface area contributed by atoms with E-state index in [1.165, 1.54) is 43.5 Å². The maximum Gasteiger partial charge on any atom is 0.261 e. The van der Waals surface area contributed by atoms with Gasteiger partial charge in [-0.15, -0.1) is 0 Å². The Morgan fingerprint density at radius 3 is 2.48 bits per heavy atom. The number of methoxy groups -OCH3 is 1. The van der Waals surface area contributed by atoms with E-state index >= 15 is 0 Å². The quantitative estimate of drug-likeness (QED) is 0.745. The first-order valence-corrected chi connectivity index (χ1v) is 8.05. The highest BCUT2D eigenvalue weighted by molar-refractivity contribution is 6.22. The minimum atomic E-state index is -1.42. The van der Waals surface area contributed by atoms with Gasteiger partial charge in [0.1, 0.15) is 0 Å². The van der Waals surface area contributed by atoms with Crippen molar-refractivity contribution in [3.63, 3.8) is 0 Å². The highest BCUT2D eigenvalue weighted by Gasteiger charge is 2.35. The van der Waals surface area contributed by atoms with Gasteiger partial charge in [0, 0.05) is 18.2 Å². The van der Waals surface area contributed by atoms with Crippen molar-refractivity contribution in [1.82, 2.24) is 4.90 Å². The average molecular weight is 367 g/mol. The molecule has 2 aromatic carbocycles. The molecule has 3 rings (SSSR count). The number of benzene rings is 2. The van der Waals surface area contributed by atoms with Crippen LogP contribution in [0.3, 0.4) is 0 Å². The van der Waals surface area contributed by atoms with Crippen molar-refractivity contribution in [2.24, 2.45) is 0 Å². The third-order valence-corrected chi connectivity index (χ3v) is 4.15. The predicted molar refractivity (Wildman–Crippen MR) is 92.4 cm³/mol. The number of imide groups is 1. The second-order valence-corrected chi connectivity index (χ2v) is 5.80. The van der Waals surface area contributed by atoms with Crippen LogP contribution in [0.2, 0.25) is 0 Å². The van der Waals surface area contributed by atoms with Crippen LogP contribution in [0.25, 0.3) is 0 Å². The molecule has 1 aliphatic heterocycles. The van der Waals surface area contributed by atoms with Gasteiger partial charge in [0.25, 0.3) is 17.7 Å². The number of hydrogen-bond donors (Lipinski definition) is 1. The van der Waals surface area contributed by atoms with Gasteiger partial charge in [-0.3, -0.25) is 19.3 Å². The summed E-state index contributed by atoms with van der Waals surface area (Å²) in [6.07, 6.45) is 0. The minimum Gasteiger partial charge on any atom is -0.545 e. The summed E-state index contributed by atoms with van der Waals surface area (Å²) in [5.41, 5.74) is 0.368. The molecule has 138 valence electrons. The monoisotopic (exact) mass is 367 g/mol. The lowest BCUT2D eigenvalue weighted by molar-refractivity contribution is -0.254. The van der Waals surface area contributed by atoms with Gasteiger partial charge in [0.05, 0.1) is 35.9 Å². The zero-order valence-electron chi connectivity index (χ0n) is 14.4. The molecule has 1 aliphatic rings. The Morgan fingerprint density at radius 2 is 1.78 bits per heavy atom. The number of nitrogens with zero attached hydrogens (tertiary/aromatic N) is 1. The Bertz CT molecular complexity index is 953. The van der Waals surface area contributed by atoms with Crippen molar-refractivity contribution in [2.75, 3.05) is 25.6 Å². The van der Waals surface area contributed by atoms with E-state index in [4.69, 9.17) is 4.74 Å². The summed E-state index contributed by atoms with van der Waals surface area (Å²) in [4.78, 5) is 49.4. The summed E-state index contributed by atoms with van der Waals surface area (Å²) in [5.74, 6) is -2.98. The summed E-state index contributed by atoms with van der Waals surface area (Å²) in [7, 11) is 1.46. The van der Waals surface area contributed by atoms with Gasteiger partial charge in [-0.05, 0) is 24.3 Å². The van der Waals surface area contributed by atoms with Crippen LogP contribution in [-0.4, -0.2) is 48.9 Å². The van der Waals surface area contributed by atoms with Crippen molar-refractivity contribution in [1.29, 1.82) is 0 Å². The SMILES string of the molecule is COCCN1C(=O)c2ccc(C(=O)Nc3ccccc3C(=O)[O-])cc2C1=O. The number of carbonyl (C=O) groups is 4. The van der Waals surface area contributed by atoms with Gasteiger partial charge >= 0.3 is 0 Å². The number of nitrogens with one attached hydrogen (secondary N) is 1. The third kappa shape index (κ3) is 3.42. The number of hydrogen-bond acceptors (Lipinski definition) is 6. The zero-order chi connectivity index (χ0) is 19.6. The summed E-state index contributed by atoms with van der Waals surface area (Å²) >= 11 is 0. The first kappa shape index (κ1) is 18.3. The first-order chi connectivity index (χ1) is 12.9. The minimum absolute atomic E-state index is 0.0760. The van der Waals surface area contributed by atoms with E-state index < -0.39 is 23.7 Å². The molecule has 0 atom stereocenters. The number of anilines is 1. The molecule has 0 spiro atoms. The molecule has 1 heterocycles. The van der Waals surface area contributed by atoms with Crippen molar-refractivity contribution in [2.45, 2.75) is 0 Å². The summed E-state index contributed by atoms with van der Waals surface area (Å²) < 4.78 is 4.89. The number of carboxylic acid groups (broad SMARTS) is 1. The van der Waals surface area contributed by atoms with E-state index in [2.05, 4.69) is 5.32 Å². The fourth-order valence-electron chi connectivity index (χ4n) is 2.78. The molecular formula is C19H15N2O6-. The Morgan fingerprint density at radius 1 is 1.07 bits per heavy atom. The molecule has 8 heteroatoms. The molecule has 0 aromatic heterocycles. The molecule has 3 amide bonds. The largest absolute Gasteiger partial charge is 0.545 e. The molecule has 0 fully saturated rings. The number of ether oxygens (including phenoxy) is 1. The van der Waals surface area contributed by atoms with Crippen LogP contribution in [0.4, 0.5) is 5.69 Å². The lowest BCUT2D eigenvalue weighted by atomic mass is 10.0. The summed E-state index contributed by atoms with van der Waals surface area (Å²) in [5, 5.41) is 13.6. The van der Waals surface area contributed by atoms with Crippen molar-refractivity contribution < 1.29 is 29.0 Å². The second kappa shape index (κ2) is 7.38. The molecule has 8 nitrogen and oxygen atoms in total. The molecule has 0 aliphatic carbocycles. The summed E-state index contributed by atoms with van der Waals surface area (Å²) in [6, 6.07) is 9.94. The second-order valence-electron chi connectivity index (χ2n) is 5.80.